The summed E-state index contributed by atoms with van der Waals surface area (Å²) in [6.07, 6.45) is 6.34. The third-order valence-corrected chi connectivity index (χ3v) is 2.91. The van der Waals surface area contributed by atoms with Crippen LogP contribution in [0.15, 0.2) is 18.2 Å². The van der Waals surface area contributed by atoms with Gasteiger partial charge in [-0.25, -0.2) is 0 Å². The lowest BCUT2D eigenvalue weighted by Crippen LogP contribution is -2.42. The first-order valence-corrected chi connectivity index (χ1v) is 6.61. The van der Waals surface area contributed by atoms with Crippen LogP contribution in [0.5, 0.6) is 0 Å². The Morgan fingerprint density at radius 1 is 1.47 bits per heavy atom. The second-order valence-corrected chi connectivity index (χ2v) is 5.22. The van der Waals surface area contributed by atoms with E-state index in [1.807, 2.05) is 12.1 Å². The van der Waals surface area contributed by atoms with Gasteiger partial charge in [0.05, 0.1) is 16.1 Å². The summed E-state index contributed by atoms with van der Waals surface area (Å²) in [6, 6.07) is 5.33. The Morgan fingerprint density at radius 3 is 2.74 bits per heavy atom. The van der Waals surface area contributed by atoms with E-state index in [1.54, 1.807) is 19.9 Å². The predicted octanol–water partition coefficient (Wildman–Crippen LogP) is 3.30. The van der Waals surface area contributed by atoms with E-state index in [-0.39, 0.29) is 5.91 Å². The van der Waals surface area contributed by atoms with Crippen molar-refractivity contribution in [1.82, 2.24) is 5.32 Å². The predicted molar refractivity (Wildman–Crippen MR) is 80.6 cm³/mol. The lowest BCUT2D eigenvalue weighted by atomic mass is 10.1. The van der Waals surface area contributed by atoms with E-state index in [0.717, 1.165) is 18.7 Å². The van der Waals surface area contributed by atoms with Gasteiger partial charge in [-0.1, -0.05) is 30.5 Å². The van der Waals surface area contributed by atoms with Gasteiger partial charge in [0, 0.05) is 12.2 Å². The minimum absolute atomic E-state index is 0.271. The zero-order valence-electron chi connectivity index (χ0n) is 11.5. The van der Waals surface area contributed by atoms with Crippen LogP contribution >= 0.6 is 11.6 Å². The molecular weight excluding hydrogens is 260 g/mol. The molecule has 0 aliphatic carbocycles. The van der Waals surface area contributed by atoms with Gasteiger partial charge in [0.1, 0.15) is 0 Å². The van der Waals surface area contributed by atoms with Crippen molar-refractivity contribution in [3.63, 3.8) is 0 Å². The monoisotopic (exact) mass is 278 g/mol. The van der Waals surface area contributed by atoms with Crippen molar-refractivity contribution in [3.8, 4) is 12.3 Å². The largest absolute Gasteiger partial charge is 0.384 e. The van der Waals surface area contributed by atoms with E-state index >= 15 is 0 Å². The summed E-state index contributed by atoms with van der Waals surface area (Å²) >= 11 is 6.12. The zero-order chi connectivity index (χ0) is 14.5. The van der Waals surface area contributed by atoms with E-state index < -0.39 is 5.54 Å². The number of carbonyl (C=O) groups is 1. The summed E-state index contributed by atoms with van der Waals surface area (Å²) in [5.41, 5.74) is 0.443. The number of carbonyl (C=O) groups excluding carboxylic acids is 1. The molecule has 0 aliphatic heterocycles. The van der Waals surface area contributed by atoms with Gasteiger partial charge in [-0.3, -0.25) is 4.79 Å². The smallest absolute Gasteiger partial charge is 0.256 e. The van der Waals surface area contributed by atoms with Gasteiger partial charge in [-0.05, 0) is 32.4 Å². The Labute approximate surface area is 119 Å². The first kappa shape index (κ1) is 15.4. The summed E-state index contributed by atoms with van der Waals surface area (Å²) in [7, 11) is 0. The van der Waals surface area contributed by atoms with Crippen LogP contribution in [-0.4, -0.2) is 18.0 Å². The molecule has 0 unspecified atom stereocenters. The zero-order valence-corrected chi connectivity index (χ0v) is 12.3. The van der Waals surface area contributed by atoms with E-state index in [4.69, 9.17) is 18.0 Å². The normalized spacial score (nSPS) is 10.7. The van der Waals surface area contributed by atoms with Gasteiger partial charge in [0.25, 0.3) is 5.91 Å². The van der Waals surface area contributed by atoms with Crippen molar-refractivity contribution in [2.75, 3.05) is 11.9 Å². The number of hydrogen-bond acceptors (Lipinski definition) is 2. The molecule has 1 amide bonds. The van der Waals surface area contributed by atoms with Crippen molar-refractivity contribution >= 4 is 23.2 Å². The second-order valence-electron chi connectivity index (χ2n) is 4.81. The number of amides is 1. The van der Waals surface area contributed by atoms with E-state index in [0.29, 0.717) is 10.6 Å². The van der Waals surface area contributed by atoms with Gasteiger partial charge >= 0.3 is 0 Å². The van der Waals surface area contributed by atoms with Crippen LogP contribution in [-0.2, 0) is 0 Å². The van der Waals surface area contributed by atoms with E-state index in [9.17, 15) is 4.79 Å². The van der Waals surface area contributed by atoms with Gasteiger partial charge < -0.3 is 10.6 Å². The van der Waals surface area contributed by atoms with Crippen LogP contribution in [0.2, 0.25) is 5.02 Å². The standard InChI is InChI=1S/C15H19ClN2O/c1-5-10-17-12-9-7-8-11(16)13(12)14(19)18-15(3,4)6-2/h2,7-9,17H,5,10H2,1,3-4H3,(H,18,19). The van der Waals surface area contributed by atoms with Crippen LogP contribution in [0.1, 0.15) is 37.6 Å². The van der Waals surface area contributed by atoms with Crippen LogP contribution in [0.4, 0.5) is 5.69 Å². The fourth-order valence-corrected chi connectivity index (χ4v) is 1.80. The summed E-state index contributed by atoms with van der Waals surface area (Å²) in [4.78, 5) is 12.3. The fourth-order valence-electron chi connectivity index (χ4n) is 1.54. The molecule has 0 aromatic heterocycles. The Morgan fingerprint density at radius 2 is 2.16 bits per heavy atom. The number of halogens is 1. The highest BCUT2D eigenvalue weighted by Crippen LogP contribution is 2.25. The van der Waals surface area contributed by atoms with Crippen molar-refractivity contribution in [2.45, 2.75) is 32.7 Å². The number of nitrogens with one attached hydrogen (secondary N) is 2. The maximum atomic E-state index is 12.3. The fraction of sp³-hybridized carbons (Fsp3) is 0.400. The minimum atomic E-state index is -0.710. The molecule has 0 aliphatic rings. The third-order valence-electron chi connectivity index (χ3n) is 2.59. The lowest BCUT2D eigenvalue weighted by Gasteiger charge is -2.21. The molecule has 0 radical (unpaired) electrons. The second kappa shape index (κ2) is 6.49. The van der Waals surface area contributed by atoms with Crippen molar-refractivity contribution in [3.05, 3.63) is 28.8 Å². The van der Waals surface area contributed by atoms with Crippen molar-refractivity contribution < 1.29 is 4.79 Å². The average Bonchev–Trinajstić information content (AvgIpc) is 2.35. The highest BCUT2D eigenvalue weighted by atomic mass is 35.5. The molecular formula is C15H19ClN2O. The van der Waals surface area contributed by atoms with Crippen molar-refractivity contribution in [1.29, 1.82) is 0 Å². The molecule has 1 aromatic carbocycles. The molecule has 0 heterocycles. The quantitative estimate of drug-likeness (QED) is 0.812. The van der Waals surface area contributed by atoms with Crippen molar-refractivity contribution in [2.24, 2.45) is 0 Å². The van der Waals surface area contributed by atoms with Crippen LogP contribution in [0, 0.1) is 12.3 Å². The molecule has 0 saturated heterocycles. The molecule has 102 valence electrons. The number of rotatable bonds is 5. The van der Waals surface area contributed by atoms with Gasteiger partial charge in [-0.2, -0.15) is 0 Å². The molecule has 0 spiro atoms. The number of terminal acetylenes is 1. The summed E-state index contributed by atoms with van der Waals surface area (Å²) in [6.45, 7) is 6.36. The molecule has 2 N–H and O–H groups in total. The molecule has 0 saturated carbocycles. The SMILES string of the molecule is C#CC(C)(C)NC(=O)c1c(Cl)cccc1NCCC. The minimum Gasteiger partial charge on any atom is -0.384 e. The van der Waals surface area contributed by atoms with Crippen LogP contribution in [0.3, 0.4) is 0 Å². The number of anilines is 1. The molecule has 4 heteroatoms. The Balaban J connectivity index is 3.05. The van der Waals surface area contributed by atoms with Crippen LogP contribution in [0.25, 0.3) is 0 Å². The van der Waals surface area contributed by atoms with Gasteiger partial charge in [0.2, 0.25) is 0 Å². The molecule has 0 atom stereocenters. The van der Waals surface area contributed by atoms with Gasteiger partial charge in [0.15, 0.2) is 0 Å². The molecule has 0 fully saturated rings. The summed E-state index contributed by atoms with van der Waals surface area (Å²) in [5.74, 6) is 2.26. The molecule has 3 nitrogen and oxygen atoms in total. The average molecular weight is 279 g/mol. The first-order valence-electron chi connectivity index (χ1n) is 6.24. The van der Waals surface area contributed by atoms with Crippen LogP contribution < -0.4 is 10.6 Å². The lowest BCUT2D eigenvalue weighted by molar-refractivity contribution is 0.0931. The van der Waals surface area contributed by atoms with E-state index in [1.165, 1.54) is 0 Å². The Kier molecular flexibility index (Phi) is 5.26. The molecule has 1 rings (SSSR count). The Hall–Kier alpha value is -1.66. The molecule has 1 aromatic rings. The highest BCUT2D eigenvalue weighted by molar-refractivity contribution is 6.34. The first-order chi connectivity index (χ1) is 8.91. The Bertz CT molecular complexity index is 503. The number of benzene rings is 1. The summed E-state index contributed by atoms with van der Waals surface area (Å²) < 4.78 is 0. The molecule has 0 bridgehead atoms. The number of hydrogen-bond donors (Lipinski definition) is 2. The van der Waals surface area contributed by atoms with E-state index in [2.05, 4.69) is 23.5 Å². The van der Waals surface area contributed by atoms with Gasteiger partial charge in [-0.15, -0.1) is 6.42 Å². The maximum absolute atomic E-state index is 12.3. The maximum Gasteiger partial charge on any atom is 0.256 e. The summed E-state index contributed by atoms with van der Waals surface area (Å²) in [5, 5.41) is 6.38. The topological polar surface area (TPSA) is 41.1 Å². The molecule has 19 heavy (non-hydrogen) atoms. The third kappa shape index (κ3) is 4.18. The highest BCUT2D eigenvalue weighted by Gasteiger charge is 2.22.